The van der Waals surface area contributed by atoms with Gasteiger partial charge in [-0.05, 0) is 35.9 Å². The van der Waals surface area contributed by atoms with Gasteiger partial charge in [0.1, 0.15) is 5.82 Å². The van der Waals surface area contributed by atoms with Crippen molar-refractivity contribution in [2.75, 3.05) is 7.11 Å². The first-order valence-electron chi connectivity index (χ1n) is 6.99. The van der Waals surface area contributed by atoms with Crippen LogP contribution in [0.4, 0.5) is 4.39 Å². The average molecular weight is 415 g/mol. The van der Waals surface area contributed by atoms with Gasteiger partial charge in [-0.25, -0.2) is 4.39 Å². The monoisotopic (exact) mass is 413 g/mol. The van der Waals surface area contributed by atoms with Crippen LogP contribution in [-0.2, 0) is 9.53 Å². The van der Waals surface area contributed by atoms with Crippen molar-refractivity contribution >= 4 is 39.4 Å². The maximum absolute atomic E-state index is 13.9. The first kappa shape index (κ1) is 18.4. The van der Waals surface area contributed by atoms with E-state index >= 15 is 0 Å². The highest BCUT2D eigenvalue weighted by atomic mass is 79.9. The van der Waals surface area contributed by atoms with E-state index in [0.29, 0.717) is 15.1 Å². The molecule has 2 aromatic carbocycles. The van der Waals surface area contributed by atoms with Crippen molar-refractivity contribution in [3.63, 3.8) is 0 Å². The molecule has 4 nitrogen and oxygen atoms in total. The van der Waals surface area contributed by atoms with E-state index in [4.69, 9.17) is 11.6 Å². The summed E-state index contributed by atoms with van der Waals surface area (Å²) in [5.74, 6) is -1.77. The summed E-state index contributed by atoms with van der Waals surface area (Å²) in [6.07, 6.45) is -0.0838. The van der Waals surface area contributed by atoms with Crippen molar-refractivity contribution in [1.29, 1.82) is 0 Å². The number of carbonyl (C=O) groups is 2. The summed E-state index contributed by atoms with van der Waals surface area (Å²) in [4.78, 5) is 24.0. The van der Waals surface area contributed by atoms with Gasteiger partial charge in [-0.3, -0.25) is 9.59 Å². The van der Waals surface area contributed by atoms with Crippen LogP contribution in [0, 0.1) is 5.82 Å². The quantitative estimate of drug-likeness (QED) is 0.743. The van der Waals surface area contributed by atoms with Crippen molar-refractivity contribution in [3.05, 3.63) is 68.9 Å². The van der Waals surface area contributed by atoms with Crippen LogP contribution in [0.1, 0.15) is 28.4 Å². The minimum absolute atomic E-state index is 0.0838. The summed E-state index contributed by atoms with van der Waals surface area (Å²) in [5, 5.41) is 3.19. The lowest BCUT2D eigenvalue weighted by Crippen LogP contribution is -2.31. The number of amides is 1. The van der Waals surface area contributed by atoms with Gasteiger partial charge in [0.15, 0.2) is 0 Å². The van der Waals surface area contributed by atoms with Crippen molar-refractivity contribution in [2.24, 2.45) is 0 Å². The Kier molecular flexibility index (Phi) is 6.34. The highest BCUT2D eigenvalue weighted by molar-refractivity contribution is 9.10. The number of hydrogen-bond donors (Lipinski definition) is 1. The molecule has 0 heterocycles. The maximum atomic E-state index is 13.9. The van der Waals surface area contributed by atoms with Crippen LogP contribution in [-0.4, -0.2) is 19.0 Å². The largest absolute Gasteiger partial charge is 0.469 e. The summed E-state index contributed by atoms with van der Waals surface area (Å²) in [7, 11) is 1.26. The number of carbonyl (C=O) groups excluding carboxylic acids is 2. The molecule has 0 aliphatic heterocycles. The number of methoxy groups -OCH3 is 1. The minimum Gasteiger partial charge on any atom is -0.469 e. The number of benzene rings is 2. The SMILES string of the molecule is COC(=O)CC(NC(=O)c1cc(Br)ccc1F)c1ccc(Cl)cc1. The molecule has 2 aromatic rings. The van der Waals surface area contributed by atoms with E-state index < -0.39 is 23.7 Å². The zero-order valence-corrected chi connectivity index (χ0v) is 15.0. The first-order chi connectivity index (χ1) is 11.4. The van der Waals surface area contributed by atoms with E-state index in [-0.39, 0.29) is 12.0 Å². The Balaban J connectivity index is 2.27. The molecule has 0 saturated carbocycles. The zero-order chi connectivity index (χ0) is 17.7. The predicted octanol–water partition coefficient (Wildman–Crippen LogP) is 4.28. The fourth-order valence-corrected chi connectivity index (χ4v) is 2.59. The van der Waals surface area contributed by atoms with Crippen LogP contribution < -0.4 is 5.32 Å². The second kappa shape index (κ2) is 8.26. The van der Waals surface area contributed by atoms with Crippen LogP contribution >= 0.6 is 27.5 Å². The van der Waals surface area contributed by atoms with Crippen LogP contribution in [0.2, 0.25) is 5.02 Å². The van der Waals surface area contributed by atoms with Crippen molar-refractivity contribution in [3.8, 4) is 0 Å². The standard InChI is InChI=1S/C17H14BrClFNO3/c1-24-16(22)9-15(10-2-5-12(19)6-3-10)21-17(23)13-8-11(18)4-7-14(13)20/h2-8,15H,9H2,1H3,(H,21,23). The Morgan fingerprint density at radius 2 is 1.92 bits per heavy atom. The van der Waals surface area contributed by atoms with E-state index in [1.807, 2.05) is 0 Å². The topological polar surface area (TPSA) is 55.4 Å². The number of nitrogens with one attached hydrogen (secondary N) is 1. The normalized spacial score (nSPS) is 11.7. The molecule has 1 amide bonds. The third-order valence-electron chi connectivity index (χ3n) is 3.35. The first-order valence-corrected chi connectivity index (χ1v) is 8.16. The summed E-state index contributed by atoms with van der Waals surface area (Å²) in [5.41, 5.74) is 0.543. The molecule has 0 aliphatic rings. The maximum Gasteiger partial charge on any atom is 0.307 e. The fourth-order valence-electron chi connectivity index (χ4n) is 2.10. The van der Waals surface area contributed by atoms with Crippen LogP contribution in [0.3, 0.4) is 0 Å². The molecule has 7 heteroatoms. The molecular formula is C17H14BrClFNO3. The van der Waals surface area contributed by atoms with Crippen LogP contribution in [0.25, 0.3) is 0 Å². The minimum atomic E-state index is -0.666. The predicted molar refractivity (Wildman–Crippen MR) is 92.4 cm³/mol. The van der Waals surface area contributed by atoms with Crippen molar-refractivity contribution in [2.45, 2.75) is 12.5 Å². The van der Waals surface area contributed by atoms with Gasteiger partial charge in [0.05, 0.1) is 25.1 Å². The molecule has 126 valence electrons. The summed E-state index contributed by atoms with van der Waals surface area (Å²) >= 11 is 9.06. The second-order valence-electron chi connectivity index (χ2n) is 4.98. The molecule has 0 radical (unpaired) electrons. The number of ether oxygens (including phenoxy) is 1. The Labute approximate surface area is 152 Å². The molecule has 0 spiro atoms. The molecule has 0 bridgehead atoms. The van der Waals surface area contributed by atoms with Gasteiger partial charge < -0.3 is 10.1 Å². The lowest BCUT2D eigenvalue weighted by Gasteiger charge is -2.18. The lowest BCUT2D eigenvalue weighted by molar-refractivity contribution is -0.141. The third-order valence-corrected chi connectivity index (χ3v) is 4.09. The van der Waals surface area contributed by atoms with Gasteiger partial charge in [-0.1, -0.05) is 39.7 Å². The van der Waals surface area contributed by atoms with Crippen LogP contribution in [0.5, 0.6) is 0 Å². The van der Waals surface area contributed by atoms with E-state index in [1.54, 1.807) is 24.3 Å². The highest BCUT2D eigenvalue weighted by Gasteiger charge is 2.21. The number of rotatable bonds is 5. The summed E-state index contributed by atoms with van der Waals surface area (Å²) < 4.78 is 19.1. The molecule has 0 saturated heterocycles. The molecule has 24 heavy (non-hydrogen) atoms. The van der Waals surface area contributed by atoms with E-state index in [9.17, 15) is 14.0 Å². The van der Waals surface area contributed by atoms with Crippen molar-refractivity contribution in [1.82, 2.24) is 5.32 Å². The Morgan fingerprint density at radius 3 is 2.54 bits per heavy atom. The molecule has 0 aromatic heterocycles. The highest BCUT2D eigenvalue weighted by Crippen LogP contribution is 2.22. The van der Waals surface area contributed by atoms with Crippen molar-refractivity contribution < 1.29 is 18.7 Å². The van der Waals surface area contributed by atoms with Gasteiger partial charge in [0, 0.05) is 9.50 Å². The van der Waals surface area contributed by atoms with E-state index in [0.717, 1.165) is 0 Å². The molecule has 0 fully saturated rings. The molecular weight excluding hydrogens is 401 g/mol. The van der Waals surface area contributed by atoms with Gasteiger partial charge in [0.2, 0.25) is 0 Å². The van der Waals surface area contributed by atoms with E-state index in [2.05, 4.69) is 26.0 Å². The van der Waals surface area contributed by atoms with Gasteiger partial charge in [-0.2, -0.15) is 0 Å². The zero-order valence-electron chi connectivity index (χ0n) is 12.7. The average Bonchev–Trinajstić information content (AvgIpc) is 2.56. The molecule has 0 aliphatic carbocycles. The summed E-state index contributed by atoms with van der Waals surface area (Å²) in [6, 6.07) is 10.1. The van der Waals surface area contributed by atoms with E-state index in [1.165, 1.54) is 25.3 Å². The number of esters is 1. The van der Waals surface area contributed by atoms with Gasteiger partial charge in [0.25, 0.3) is 5.91 Å². The number of hydrogen-bond acceptors (Lipinski definition) is 3. The molecule has 1 N–H and O–H groups in total. The number of halogens is 3. The Morgan fingerprint density at radius 1 is 1.25 bits per heavy atom. The smallest absolute Gasteiger partial charge is 0.307 e. The molecule has 1 atom stereocenters. The lowest BCUT2D eigenvalue weighted by atomic mass is 10.0. The van der Waals surface area contributed by atoms with Crippen LogP contribution in [0.15, 0.2) is 46.9 Å². The third kappa shape index (κ3) is 4.79. The second-order valence-corrected chi connectivity index (χ2v) is 6.33. The fraction of sp³-hybridized carbons (Fsp3) is 0.176. The molecule has 1 unspecified atom stereocenters. The Hall–Kier alpha value is -1.92. The van der Waals surface area contributed by atoms with Gasteiger partial charge >= 0.3 is 5.97 Å². The Bertz CT molecular complexity index is 752. The van der Waals surface area contributed by atoms with Gasteiger partial charge in [-0.15, -0.1) is 0 Å². The summed E-state index contributed by atoms with van der Waals surface area (Å²) in [6.45, 7) is 0. The molecule has 2 rings (SSSR count).